The second-order valence-electron chi connectivity index (χ2n) is 5.22. The molecule has 3 heterocycles. The Morgan fingerprint density at radius 3 is 2.52 bits per heavy atom. The van der Waals surface area contributed by atoms with E-state index in [1.165, 1.54) is 0 Å². The lowest BCUT2D eigenvalue weighted by Crippen LogP contribution is -2.46. The standard InChI is InChI=1S/C13H15F3N6O/c1-9-19-20-11(23-9)8-21-4-6-22(7-5-21)12-17-3-2-10(18-12)13(14,15)16/h2-3H,4-8H2,1H3. The predicted molar refractivity (Wildman–Crippen MR) is 73.6 cm³/mol. The molecule has 2 aromatic rings. The van der Waals surface area contributed by atoms with E-state index in [4.69, 9.17) is 4.42 Å². The topological polar surface area (TPSA) is 71.2 Å². The molecule has 0 saturated carbocycles. The fourth-order valence-corrected chi connectivity index (χ4v) is 2.36. The van der Waals surface area contributed by atoms with Crippen LogP contribution >= 0.6 is 0 Å². The molecule has 1 aliphatic heterocycles. The zero-order valence-electron chi connectivity index (χ0n) is 12.4. The number of nitrogens with zero attached hydrogens (tertiary/aromatic N) is 6. The number of alkyl halides is 3. The molecule has 0 spiro atoms. The molecule has 0 aliphatic carbocycles. The van der Waals surface area contributed by atoms with Gasteiger partial charge in [-0.15, -0.1) is 10.2 Å². The molecule has 0 bridgehead atoms. The van der Waals surface area contributed by atoms with E-state index in [0.29, 0.717) is 44.5 Å². The number of piperazine rings is 1. The molecule has 2 aromatic heterocycles. The molecule has 0 radical (unpaired) electrons. The fourth-order valence-electron chi connectivity index (χ4n) is 2.36. The summed E-state index contributed by atoms with van der Waals surface area (Å²) in [4.78, 5) is 11.4. The van der Waals surface area contributed by atoms with Gasteiger partial charge in [0, 0.05) is 39.3 Å². The summed E-state index contributed by atoms with van der Waals surface area (Å²) in [5.41, 5.74) is -0.925. The molecule has 0 aromatic carbocycles. The van der Waals surface area contributed by atoms with E-state index in [1.54, 1.807) is 11.8 Å². The first-order chi connectivity index (χ1) is 10.9. The van der Waals surface area contributed by atoms with Gasteiger partial charge in [0.15, 0.2) is 0 Å². The Labute approximate surface area is 130 Å². The Hall–Kier alpha value is -2.23. The van der Waals surface area contributed by atoms with Gasteiger partial charge in [0.1, 0.15) is 5.69 Å². The average molecular weight is 328 g/mol. The highest BCUT2D eigenvalue weighted by Gasteiger charge is 2.33. The van der Waals surface area contributed by atoms with Crippen LogP contribution in [-0.2, 0) is 12.7 Å². The van der Waals surface area contributed by atoms with E-state index in [9.17, 15) is 13.2 Å². The summed E-state index contributed by atoms with van der Waals surface area (Å²) in [5.74, 6) is 1.15. The summed E-state index contributed by atoms with van der Waals surface area (Å²) in [7, 11) is 0. The third-order valence-electron chi connectivity index (χ3n) is 3.52. The van der Waals surface area contributed by atoms with Gasteiger partial charge in [-0.3, -0.25) is 4.90 Å². The van der Waals surface area contributed by atoms with Gasteiger partial charge in [-0.2, -0.15) is 13.2 Å². The van der Waals surface area contributed by atoms with Gasteiger partial charge < -0.3 is 9.32 Å². The second kappa shape index (κ2) is 6.11. The van der Waals surface area contributed by atoms with Crippen LogP contribution in [0, 0.1) is 6.92 Å². The average Bonchev–Trinajstić information content (AvgIpc) is 2.92. The molecule has 1 fully saturated rings. The van der Waals surface area contributed by atoms with Crippen molar-refractivity contribution in [2.45, 2.75) is 19.6 Å². The maximum absolute atomic E-state index is 12.7. The van der Waals surface area contributed by atoms with Crippen molar-refractivity contribution in [3.8, 4) is 0 Å². The van der Waals surface area contributed by atoms with Crippen LogP contribution in [0.15, 0.2) is 16.7 Å². The Morgan fingerprint density at radius 1 is 1.17 bits per heavy atom. The highest BCUT2D eigenvalue weighted by molar-refractivity contribution is 5.31. The molecule has 0 atom stereocenters. The quantitative estimate of drug-likeness (QED) is 0.846. The van der Waals surface area contributed by atoms with Crippen molar-refractivity contribution in [1.29, 1.82) is 0 Å². The zero-order chi connectivity index (χ0) is 16.4. The maximum Gasteiger partial charge on any atom is 0.433 e. The van der Waals surface area contributed by atoms with Crippen molar-refractivity contribution >= 4 is 5.95 Å². The molecule has 124 valence electrons. The van der Waals surface area contributed by atoms with Gasteiger partial charge >= 0.3 is 6.18 Å². The third kappa shape index (κ3) is 3.76. The van der Waals surface area contributed by atoms with Crippen molar-refractivity contribution in [3.63, 3.8) is 0 Å². The maximum atomic E-state index is 12.7. The van der Waals surface area contributed by atoms with Crippen LogP contribution in [0.5, 0.6) is 0 Å². The van der Waals surface area contributed by atoms with Crippen molar-refractivity contribution in [3.05, 3.63) is 29.7 Å². The molecule has 7 nitrogen and oxygen atoms in total. The second-order valence-corrected chi connectivity index (χ2v) is 5.22. The Bertz CT molecular complexity index is 666. The van der Waals surface area contributed by atoms with Crippen LogP contribution < -0.4 is 4.90 Å². The van der Waals surface area contributed by atoms with E-state index in [2.05, 4.69) is 25.1 Å². The van der Waals surface area contributed by atoms with E-state index < -0.39 is 11.9 Å². The summed E-state index contributed by atoms with van der Waals surface area (Å²) in [6, 6.07) is 0.873. The van der Waals surface area contributed by atoms with Gasteiger partial charge in [0.05, 0.1) is 6.54 Å². The molecule has 1 aliphatic rings. The number of hydrogen-bond donors (Lipinski definition) is 0. The first-order valence-corrected chi connectivity index (χ1v) is 7.08. The SMILES string of the molecule is Cc1nnc(CN2CCN(c3nccc(C(F)(F)F)n3)CC2)o1. The summed E-state index contributed by atoms with van der Waals surface area (Å²) < 4.78 is 43.4. The fraction of sp³-hybridized carbons (Fsp3) is 0.538. The summed E-state index contributed by atoms with van der Waals surface area (Å²) in [5, 5.41) is 7.70. The highest BCUT2D eigenvalue weighted by Crippen LogP contribution is 2.28. The minimum atomic E-state index is -4.46. The Morgan fingerprint density at radius 2 is 1.91 bits per heavy atom. The molecular formula is C13H15F3N6O. The van der Waals surface area contributed by atoms with E-state index >= 15 is 0 Å². The van der Waals surface area contributed by atoms with Crippen LogP contribution in [0.3, 0.4) is 0 Å². The van der Waals surface area contributed by atoms with Crippen molar-refractivity contribution in [2.24, 2.45) is 0 Å². The van der Waals surface area contributed by atoms with Crippen LogP contribution in [0.25, 0.3) is 0 Å². The number of anilines is 1. The Kier molecular flexibility index (Phi) is 4.16. The van der Waals surface area contributed by atoms with Crippen molar-refractivity contribution in [1.82, 2.24) is 25.1 Å². The molecule has 0 N–H and O–H groups in total. The number of aryl methyl sites for hydroxylation is 1. The molecule has 10 heteroatoms. The predicted octanol–water partition coefficient (Wildman–Crippen LogP) is 1.51. The zero-order valence-corrected chi connectivity index (χ0v) is 12.4. The minimum Gasteiger partial charge on any atom is -0.424 e. The van der Waals surface area contributed by atoms with Gasteiger partial charge in [-0.1, -0.05) is 0 Å². The minimum absolute atomic E-state index is 0.105. The normalized spacial score (nSPS) is 16.8. The van der Waals surface area contributed by atoms with Crippen LogP contribution in [0.1, 0.15) is 17.5 Å². The highest BCUT2D eigenvalue weighted by atomic mass is 19.4. The summed E-state index contributed by atoms with van der Waals surface area (Å²) in [6.45, 7) is 4.63. The van der Waals surface area contributed by atoms with E-state index in [1.807, 2.05) is 0 Å². The summed E-state index contributed by atoms with van der Waals surface area (Å²) >= 11 is 0. The monoisotopic (exact) mass is 328 g/mol. The van der Waals surface area contributed by atoms with Gasteiger partial charge in [-0.05, 0) is 6.07 Å². The number of hydrogen-bond acceptors (Lipinski definition) is 7. The molecule has 1 saturated heterocycles. The summed E-state index contributed by atoms with van der Waals surface area (Å²) in [6.07, 6.45) is -3.33. The smallest absolute Gasteiger partial charge is 0.424 e. The van der Waals surface area contributed by atoms with E-state index in [-0.39, 0.29) is 5.95 Å². The lowest BCUT2D eigenvalue weighted by molar-refractivity contribution is -0.141. The van der Waals surface area contributed by atoms with Crippen molar-refractivity contribution in [2.75, 3.05) is 31.1 Å². The third-order valence-corrected chi connectivity index (χ3v) is 3.52. The van der Waals surface area contributed by atoms with Crippen molar-refractivity contribution < 1.29 is 17.6 Å². The Balaban J connectivity index is 1.60. The van der Waals surface area contributed by atoms with Gasteiger partial charge in [0.2, 0.25) is 17.7 Å². The number of rotatable bonds is 3. The molecule has 3 rings (SSSR count). The van der Waals surface area contributed by atoms with Gasteiger partial charge in [-0.25, -0.2) is 9.97 Å². The lowest BCUT2D eigenvalue weighted by Gasteiger charge is -2.34. The first-order valence-electron chi connectivity index (χ1n) is 7.08. The van der Waals surface area contributed by atoms with Crippen LogP contribution in [0.4, 0.5) is 19.1 Å². The number of aromatic nitrogens is 4. The first kappa shape index (κ1) is 15.7. The molecular weight excluding hydrogens is 313 g/mol. The van der Waals surface area contributed by atoms with Crippen LogP contribution in [0.2, 0.25) is 0 Å². The molecule has 0 amide bonds. The van der Waals surface area contributed by atoms with Gasteiger partial charge in [0.25, 0.3) is 0 Å². The lowest BCUT2D eigenvalue weighted by atomic mass is 10.3. The van der Waals surface area contributed by atoms with Crippen LogP contribution in [-0.4, -0.2) is 51.2 Å². The number of halogens is 3. The largest absolute Gasteiger partial charge is 0.433 e. The molecule has 23 heavy (non-hydrogen) atoms. The molecule has 0 unspecified atom stereocenters. The van der Waals surface area contributed by atoms with E-state index in [0.717, 1.165) is 12.3 Å².